The molecule has 0 saturated heterocycles. The van der Waals surface area contributed by atoms with Gasteiger partial charge in [-0.2, -0.15) is 0 Å². The van der Waals surface area contributed by atoms with Crippen LogP contribution in [0.3, 0.4) is 0 Å². The summed E-state index contributed by atoms with van der Waals surface area (Å²) in [7, 11) is 1.58. The van der Waals surface area contributed by atoms with Gasteiger partial charge in [0.05, 0.1) is 7.11 Å². The summed E-state index contributed by atoms with van der Waals surface area (Å²) in [5.41, 5.74) is 1.25. The van der Waals surface area contributed by atoms with Crippen LogP contribution < -0.4 is 4.74 Å². The maximum Gasteiger partial charge on any atom is 0.352 e. The lowest BCUT2D eigenvalue weighted by Crippen LogP contribution is -1.94. The number of aromatic nitrogens is 1. The molecule has 0 amide bonds. The number of rotatable bonds is 2. The number of H-pyrrole nitrogens is 1. The molecule has 17 heavy (non-hydrogen) atoms. The van der Waals surface area contributed by atoms with Gasteiger partial charge in [0.1, 0.15) is 17.0 Å². The first kappa shape index (κ1) is 9.77. The van der Waals surface area contributed by atoms with Crippen molar-refractivity contribution in [2.75, 3.05) is 7.11 Å². The largest absolute Gasteiger partial charge is 0.497 e. The first-order valence-corrected chi connectivity index (χ1v) is 5.01. The lowest BCUT2D eigenvalue weighted by atomic mass is 10.2. The van der Waals surface area contributed by atoms with Gasteiger partial charge in [-0.25, -0.2) is 4.79 Å². The van der Waals surface area contributed by atoms with Crippen LogP contribution in [-0.2, 0) is 0 Å². The molecule has 5 heteroatoms. The highest BCUT2D eigenvalue weighted by molar-refractivity contribution is 6.07. The van der Waals surface area contributed by atoms with E-state index in [1.54, 1.807) is 19.2 Å². The summed E-state index contributed by atoms with van der Waals surface area (Å²) in [6.07, 6.45) is 0. The molecule has 3 rings (SSSR count). The highest BCUT2D eigenvalue weighted by Gasteiger charge is 2.14. The van der Waals surface area contributed by atoms with E-state index in [2.05, 4.69) is 4.98 Å². The zero-order valence-electron chi connectivity index (χ0n) is 8.98. The van der Waals surface area contributed by atoms with Gasteiger partial charge < -0.3 is 19.2 Å². The quantitative estimate of drug-likeness (QED) is 0.710. The molecule has 2 aromatic heterocycles. The van der Waals surface area contributed by atoms with E-state index in [9.17, 15) is 4.79 Å². The molecule has 0 unspecified atom stereocenters. The molecule has 86 valence electrons. The second-order valence-electron chi connectivity index (χ2n) is 3.70. The third kappa shape index (κ3) is 1.36. The molecule has 0 fully saturated rings. The number of ether oxygens (including phenoxy) is 1. The smallest absolute Gasteiger partial charge is 0.352 e. The second kappa shape index (κ2) is 3.28. The third-order valence-electron chi connectivity index (χ3n) is 2.70. The molecule has 0 atom stereocenters. The molecule has 3 aromatic rings. The number of methoxy groups -OCH3 is 1. The maximum atomic E-state index is 10.8. The van der Waals surface area contributed by atoms with Crippen molar-refractivity contribution in [3.05, 3.63) is 30.0 Å². The van der Waals surface area contributed by atoms with Crippen molar-refractivity contribution < 1.29 is 19.1 Å². The van der Waals surface area contributed by atoms with Crippen LogP contribution in [0.2, 0.25) is 0 Å². The summed E-state index contributed by atoms with van der Waals surface area (Å²) in [5, 5.41) is 10.5. The monoisotopic (exact) mass is 231 g/mol. The van der Waals surface area contributed by atoms with E-state index >= 15 is 0 Å². The summed E-state index contributed by atoms with van der Waals surface area (Å²) < 4.78 is 10.6. The number of benzene rings is 1. The first-order chi connectivity index (χ1) is 8.19. The zero-order chi connectivity index (χ0) is 12.0. The molecule has 0 spiro atoms. The van der Waals surface area contributed by atoms with E-state index in [1.807, 2.05) is 12.1 Å². The Labute approximate surface area is 95.6 Å². The van der Waals surface area contributed by atoms with Crippen LogP contribution in [0.4, 0.5) is 0 Å². The Kier molecular flexibility index (Phi) is 1.89. The van der Waals surface area contributed by atoms with Gasteiger partial charge in [-0.1, -0.05) is 0 Å². The van der Waals surface area contributed by atoms with Gasteiger partial charge in [0, 0.05) is 16.8 Å². The van der Waals surface area contributed by atoms with Gasteiger partial charge in [-0.3, -0.25) is 0 Å². The third-order valence-corrected chi connectivity index (χ3v) is 2.70. The highest BCUT2D eigenvalue weighted by atomic mass is 16.5. The van der Waals surface area contributed by atoms with Gasteiger partial charge >= 0.3 is 5.97 Å². The number of hydrogen-bond donors (Lipinski definition) is 2. The topological polar surface area (TPSA) is 75.5 Å². The van der Waals surface area contributed by atoms with Crippen molar-refractivity contribution in [2.24, 2.45) is 0 Å². The van der Waals surface area contributed by atoms with E-state index in [0.29, 0.717) is 17.0 Å². The number of carboxylic acids is 1. The molecular weight excluding hydrogens is 222 g/mol. The summed E-state index contributed by atoms with van der Waals surface area (Å²) in [6, 6.07) is 6.99. The molecule has 0 radical (unpaired) electrons. The predicted molar refractivity (Wildman–Crippen MR) is 61.6 cm³/mol. The number of aromatic amines is 1. The van der Waals surface area contributed by atoms with Crippen molar-refractivity contribution in [1.82, 2.24) is 4.98 Å². The average molecular weight is 231 g/mol. The molecular formula is C12H9NO4. The Morgan fingerprint density at radius 3 is 2.88 bits per heavy atom. The van der Waals surface area contributed by atoms with Gasteiger partial charge in [0.15, 0.2) is 0 Å². The minimum absolute atomic E-state index is 0.122. The fourth-order valence-corrected chi connectivity index (χ4v) is 1.88. The van der Waals surface area contributed by atoms with E-state index in [4.69, 9.17) is 14.3 Å². The zero-order valence-corrected chi connectivity index (χ0v) is 8.98. The van der Waals surface area contributed by atoms with Crippen LogP contribution in [0.5, 0.6) is 5.75 Å². The number of hydrogen-bond acceptors (Lipinski definition) is 3. The van der Waals surface area contributed by atoms with Crippen LogP contribution in [0.1, 0.15) is 10.5 Å². The summed E-state index contributed by atoms with van der Waals surface area (Å²) >= 11 is 0. The molecule has 2 heterocycles. The summed E-state index contributed by atoms with van der Waals surface area (Å²) in [4.78, 5) is 13.5. The molecule has 0 aliphatic carbocycles. The normalized spacial score (nSPS) is 11.1. The molecule has 1 aromatic carbocycles. The highest BCUT2D eigenvalue weighted by Crippen LogP contribution is 2.31. The van der Waals surface area contributed by atoms with Crippen LogP contribution in [0.15, 0.2) is 28.7 Å². The number of furan rings is 1. The van der Waals surface area contributed by atoms with Crippen molar-refractivity contribution in [3.8, 4) is 5.75 Å². The van der Waals surface area contributed by atoms with Crippen molar-refractivity contribution in [2.45, 2.75) is 0 Å². The Morgan fingerprint density at radius 1 is 1.35 bits per heavy atom. The number of carboxylic acid groups (broad SMARTS) is 1. The van der Waals surface area contributed by atoms with Crippen molar-refractivity contribution >= 4 is 28.0 Å². The number of nitrogens with one attached hydrogen (secondary N) is 1. The van der Waals surface area contributed by atoms with Crippen molar-refractivity contribution in [3.63, 3.8) is 0 Å². The second-order valence-corrected chi connectivity index (χ2v) is 3.70. The van der Waals surface area contributed by atoms with Gasteiger partial charge in [-0.05, 0) is 18.2 Å². The first-order valence-electron chi connectivity index (χ1n) is 5.01. The average Bonchev–Trinajstić information content (AvgIpc) is 2.84. The van der Waals surface area contributed by atoms with E-state index in [-0.39, 0.29) is 5.69 Å². The lowest BCUT2D eigenvalue weighted by Gasteiger charge is -1.97. The predicted octanol–water partition coefficient (Wildman–Crippen LogP) is 2.62. The Morgan fingerprint density at radius 2 is 2.18 bits per heavy atom. The molecule has 0 aliphatic rings. The summed E-state index contributed by atoms with van der Waals surface area (Å²) in [5.74, 6) is -0.301. The fraction of sp³-hybridized carbons (Fsp3) is 0.0833. The lowest BCUT2D eigenvalue weighted by molar-refractivity contribution is 0.0691. The van der Waals surface area contributed by atoms with Crippen molar-refractivity contribution in [1.29, 1.82) is 0 Å². The standard InChI is InChI=1S/C12H9NO4/c1-16-6-2-3-7-8-5-9(12(14)15)13-11(8)17-10(7)4-6/h2-5,13H,1H3,(H,14,15). The Hall–Kier alpha value is -2.43. The van der Waals surface area contributed by atoms with Crippen LogP contribution in [0, 0.1) is 0 Å². The Bertz CT molecular complexity index is 723. The van der Waals surface area contributed by atoms with E-state index < -0.39 is 5.97 Å². The van der Waals surface area contributed by atoms with Gasteiger partial charge in [0.2, 0.25) is 5.71 Å². The number of fused-ring (bicyclic) bond motifs is 3. The molecule has 2 N–H and O–H groups in total. The molecule has 0 aliphatic heterocycles. The Balaban J connectivity index is 2.30. The SMILES string of the molecule is COc1ccc2c(c1)oc1[nH]c(C(=O)O)cc12. The van der Waals surface area contributed by atoms with Crippen LogP contribution >= 0.6 is 0 Å². The summed E-state index contributed by atoms with van der Waals surface area (Å²) in [6.45, 7) is 0. The van der Waals surface area contributed by atoms with Gasteiger partial charge in [0.25, 0.3) is 0 Å². The molecule has 0 saturated carbocycles. The molecule has 5 nitrogen and oxygen atoms in total. The minimum Gasteiger partial charge on any atom is -0.497 e. The van der Waals surface area contributed by atoms with Crippen LogP contribution in [0.25, 0.3) is 22.1 Å². The maximum absolute atomic E-state index is 10.8. The minimum atomic E-state index is -1.00. The molecule has 0 bridgehead atoms. The fourth-order valence-electron chi connectivity index (χ4n) is 1.88. The number of carbonyl (C=O) groups is 1. The number of aromatic carboxylic acids is 1. The van der Waals surface area contributed by atoms with E-state index in [1.165, 1.54) is 0 Å². The van der Waals surface area contributed by atoms with E-state index in [0.717, 1.165) is 10.8 Å². The van der Waals surface area contributed by atoms with Crippen LogP contribution in [-0.4, -0.2) is 23.2 Å². The van der Waals surface area contributed by atoms with Gasteiger partial charge in [-0.15, -0.1) is 0 Å².